The lowest BCUT2D eigenvalue weighted by Gasteiger charge is -2.26. The molecule has 2 aliphatic heterocycles. The lowest BCUT2D eigenvalue weighted by molar-refractivity contribution is -0.194. The van der Waals surface area contributed by atoms with E-state index in [-0.39, 0.29) is 37.0 Å². The predicted octanol–water partition coefficient (Wildman–Crippen LogP) is 3.50. The van der Waals surface area contributed by atoms with E-state index in [0.717, 1.165) is 25.7 Å². The SMILES string of the molecule is CCCCOC(=O)CCC1(C)OCC(C2COC(C)(CCC(=O)OCCCC)O2)O1. The fourth-order valence-electron chi connectivity index (χ4n) is 3.39. The van der Waals surface area contributed by atoms with Crippen LogP contribution in [0.5, 0.6) is 0 Å². The number of esters is 2. The largest absolute Gasteiger partial charge is 0.466 e. The highest BCUT2D eigenvalue weighted by Crippen LogP contribution is 2.36. The van der Waals surface area contributed by atoms with Crippen LogP contribution in [0.15, 0.2) is 0 Å². The molecule has 4 unspecified atom stereocenters. The van der Waals surface area contributed by atoms with Crippen LogP contribution in [-0.2, 0) is 38.0 Å². The summed E-state index contributed by atoms with van der Waals surface area (Å²) in [7, 11) is 0. The fraction of sp³-hybridized carbons (Fsp3) is 0.909. The summed E-state index contributed by atoms with van der Waals surface area (Å²) in [6, 6.07) is 0. The van der Waals surface area contributed by atoms with Crippen molar-refractivity contribution in [2.75, 3.05) is 26.4 Å². The average Bonchev–Trinajstić information content (AvgIpc) is 3.30. The first kappa shape index (κ1) is 25.0. The van der Waals surface area contributed by atoms with Gasteiger partial charge in [0.25, 0.3) is 0 Å². The smallest absolute Gasteiger partial charge is 0.305 e. The molecule has 174 valence electrons. The second-order valence-electron chi connectivity index (χ2n) is 8.35. The Morgan fingerprint density at radius 1 is 0.800 bits per heavy atom. The van der Waals surface area contributed by atoms with Gasteiger partial charge in [0.15, 0.2) is 11.6 Å². The highest BCUT2D eigenvalue weighted by molar-refractivity contribution is 5.69. The van der Waals surface area contributed by atoms with Gasteiger partial charge in [-0.15, -0.1) is 0 Å². The Morgan fingerprint density at radius 3 is 1.57 bits per heavy atom. The van der Waals surface area contributed by atoms with Crippen molar-refractivity contribution in [2.45, 2.75) is 103 Å². The van der Waals surface area contributed by atoms with Gasteiger partial charge in [-0.25, -0.2) is 0 Å². The molecule has 2 heterocycles. The van der Waals surface area contributed by atoms with E-state index in [1.54, 1.807) is 0 Å². The number of hydrogen-bond donors (Lipinski definition) is 0. The van der Waals surface area contributed by atoms with Gasteiger partial charge < -0.3 is 28.4 Å². The van der Waals surface area contributed by atoms with Crippen molar-refractivity contribution in [1.29, 1.82) is 0 Å². The zero-order chi connectivity index (χ0) is 22.0. The molecule has 0 saturated carbocycles. The molecule has 0 N–H and O–H groups in total. The van der Waals surface area contributed by atoms with Gasteiger partial charge in [0, 0.05) is 12.8 Å². The van der Waals surface area contributed by atoms with Crippen LogP contribution in [0.1, 0.15) is 79.1 Å². The molecular weight excluding hydrogens is 392 g/mol. The van der Waals surface area contributed by atoms with E-state index in [0.29, 0.717) is 39.3 Å². The average molecular weight is 431 g/mol. The molecule has 0 aromatic rings. The highest BCUT2D eigenvalue weighted by Gasteiger charge is 2.47. The summed E-state index contributed by atoms with van der Waals surface area (Å²) in [5.41, 5.74) is 0. The van der Waals surface area contributed by atoms with E-state index in [1.165, 1.54) is 0 Å². The lowest BCUT2D eigenvalue weighted by Crippen LogP contribution is -2.36. The zero-order valence-electron chi connectivity index (χ0n) is 18.9. The van der Waals surface area contributed by atoms with E-state index < -0.39 is 11.6 Å². The van der Waals surface area contributed by atoms with Gasteiger partial charge in [-0.05, 0) is 26.7 Å². The summed E-state index contributed by atoms with van der Waals surface area (Å²) >= 11 is 0. The molecule has 0 amide bonds. The molecular formula is C22H38O8. The number of ether oxygens (including phenoxy) is 6. The molecule has 2 rings (SSSR count). The molecule has 2 fully saturated rings. The van der Waals surface area contributed by atoms with E-state index in [4.69, 9.17) is 28.4 Å². The van der Waals surface area contributed by atoms with Gasteiger partial charge in [-0.1, -0.05) is 26.7 Å². The summed E-state index contributed by atoms with van der Waals surface area (Å²) < 4.78 is 34.2. The standard InChI is InChI=1S/C22H38O8/c1-5-7-13-25-19(23)9-11-21(3)27-15-17(29-21)18-16-28-22(4,30-18)12-10-20(24)26-14-8-6-2/h17-18H,5-16H2,1-4H3. The molecule has 4 atom stereocenters. The minimum Gasteiger partial charge on any atom is -0.466 e. The zero-order valence-corrected chi connectivity index (χ0v) is 18.9. The molecule has 0 aromatic heterocycles. The maximum absolute atomic E-state index is 11.8. The molecule has 2 aliphatic rings. The summed E-state index contributed by atoms with van der Waals surface area (Å²) in [6.07, 6.45) is 4.46. The lowest BCUT2D eigenvalue weighted by atomic mass is 10.1. The third-order valence-corrected chi connectivity index (χ3v) is 5.41. The van der Waals surface area contributed by atoms with Gasteiger partial charge in [0.2, 0.25) is 0 Å². The maximum Gasteiger partial charge on any atom is 0.305 e. The summed E-state index contributed by atoms with van der Waals surface area (Å²) in [5, 5.41) is 0. The molecule has 8 nitrogen and oxygen atoms in total. The van der Waals surface area contributed by atoms with Crippen LogP contribution in [0.25, 0.3) is 0 Å². The van der Waals surface area contributed by atoms with Gasteiger partial charge >= 0.3 is 11.9 Å². The number of carbonyl (C=O) groups excluding carboxylic acids is 2. The van der Waals surface area contributed by atoms with E-state index in [1.807, 2.05) is 27.7 Å². The second kappa shape index (κ2) is 12.0. The number of rotatable bonds is 13. The van der Waals surface area contributed by atoms with Gasteiger partial charge in [0.1, 0.15) is 12.2 Å². The normalized spacial score (nSPS) is 31.1. The van der Waals surface area contributed by atoms with Crippen LogP contribution < -0.4 is 0 Å². The quantitative estimate of drug-likeness (QED) is 0.324. The summed E-state index contributed by atoms with van der Waals surface area (Å²) in [4.78, 5) is 23.7. The van der Waals surface area contributed by atoms with Crippen LogP contribution in [0.2, 0.25) is 0 Å². The minimum absolute atomic E-state index is 0.237. The van der Waals surface area contributed by atoms with Crippen molar-refractivity contribution in [3.63, 3.8) is 0 Å². The van der Waals surface area contributed by atoms with Crippen molar-refractivity contribution >= 4 is 11.9 Å². The van der Waals surface area contributed by atoms with Crippen LogP contribution in [0.4, 0.5) is 0 Å². The Morgan fingerprint density at radius 2 is 1.20 bits per heavy atom. The van der Waals surface area contributed by atoms with Crippen molar-refractivity contribution in [1.82, 2.24) is 0 Å². The first-order valence-electron chi connectivity index (χ1n) is 11.2. The first-order chi connectivity index (χ1) is 14.3. The molecule has 0 radical (unpaired) electrons. The molecule has 30 heavy (non-hydrogen) atoms. The fourth-order valence-corrected chi connectivity index (χ4v) is 3.39. The third kappa shape index (κ3) is 8.13. The monoisotopic (exact) mass is 430 g/mol. The molecule has 0 spiro atoms. The minimum atomic E-state index is -0.847. The van der Waals surface area contributed by atoms with E-state index in [9.17, 15) is 9.59 Å². The first-order valence-corrected chi connectivity index (χ1v) is 11.2. The number of carbonyl (C=O) groups is 2. The molecule has 0 bridgehead atoms. The Labute approximate surface area is 179 Å². The molecule has 0 aliphatic carbocycles. The predicted molar refractivity (Wildman–Crippen MR) is 109 cm³/mol. The van der Waals surface area contributed by atoms with Crippen LogP contribution in [-0.4, -0.2) is 62.1 Å². The van der Waals surface area contributed by atoms with Crippen molar-refractivity contribution in [3.8, 4) is 0 Å². The Hall–Kier alpha value is -1.22. The molecule has 8 heteroatoms. The van der Waals surface area contributed by atoms with Crippen LogP contribution in [0, 0.1) is 0 Å². The second-order valence-corrected chi connectivity index (χ2v) is 8.35. The molecule has 0 aromatic carbocycles. The van der Waals surface area contributed by atoms with Gasteiger partial charge in [-0.2, -0.15) is 0 Å². The van der Waals surface area contributed by atoms with Crippen molar-refractivity contribution in [2.24, 2.45) is 0 Å². The third-order valence-electron chi connectivity index (χ3n) is 5.41. The van der Waals surface area contributed by atoms with Crippen molar-refractivity contribution < 1.29 is 38.0 Å². The highest BCUT2D eigenvalue weighted by atomic mass is 16.8. The van der Waals surface area contributed by atoms with E-state index >= 15 is 0 Å². The van der Waals surface area contributed by atoms with Gasteiger partial charge in [-0.3, -0.25) is 9.59 Å². The van der Waals surface area contributed by atoms with Gasteiger partial charge in [0.05, 0.1) is 39.3 Å². The summed E-state index contributed by atoms with van der Waals surface area (Å²) in [5.74, 6) is -2.17. The summed E-state index contributed by atoms with van der Waals surface area (Å²) in [6.45, 7) is 9.39. The van der Waals surface area contributed by atoms with E-state index in [2.05, 4.69) is 0 Å². The number of hydrogen-bond acceptors (Lipinski definition) is 8. The van der Waals surface area contributed by atoms with Crippen LogP contribution >= 0.6 is 0 Å². The van der Waals surface area contributed by atoms with Crippen molar-refractivity contribution in [3.05, 3.63) is 0 Å². The number of unbranched alkanes of at least 4 members (excludes halogenated alkanes) is 2. The maximum atomic E-state index is 11.8. The Bertz CT molecular complexity index is 505. The Balaban J connectivity index is 1.71. The van der Waals surface area contributed by atoms with Crippen LogP contribution in [0.3, 0.4) is 0 Å². The Kier molecular flexibility index (Phi) is 10.0. The topological polar surface area (TPSA) is 89.5 Å². The molecule has 2 saturated heterocycles.